The quantitative estimate of drug-likeness (QED) is 0.655. The lowest BCUT2D eigenvalue weighted by molar-refractivity contribution is 0.0813. The number of amides is 1. The van der Waals surface area contributed by atoms with Gasteiger partial charge in [0.1, 0.15) is 0 Å². The third-order valence-electron chi connectivity index (χ3n) is 1.92. The van der Waals surface area contributed by atoms with Crippen LogP contribution in [0.1, 0.15) is 10.4 Å². The molecular weight excluding hydrogens is 256 g/mol. The predicted molar refractivity (Wildman–Crippen MR) is 64.3 cm³/mol. The number of hydrogen-bond acceptors (Lipinski definition) is 2. The number of carbonyl (C=O) groups excluding carboxylic acids is 1. The Balaban J connectivity index is 3.01. The number of carbonyl (C=O) groups is 1. The van der Waals surface area contributed by atoms with Gasteiger partial charge in [-0.05, 0) is 18.2 Å². The zero-order chi connectivity index (χ0) is 11.4. The summed E-state index contributed by atoms with van der Waals surface area (Å²) in [6.45, 7) is 0.269. The van der Waals surface area contributed by atoms with E-state index >= 15 is 0 Å². The maximum atomic E-state index is 11.8. The van der Waals surface area contributed by atoms with E-state index in [2.05, 4.69) is 21.9 Å². The van der Waals surface area contributed by atoms with Gasteiger partial charge in [0.2, 0.25) is 0 Å². The topological polar surface area (TPSA) is 46.3 Å². The Morgan fingerprint density at radius 1 is 1.67 bits per heavy atom. The van der Waals surface area contributed by atoms with Crippen molar-refractivity contribution in [2.24, 2.45) is 0 Å². The Morgan fingerprint density at radius 3 is 2.93 bits per heavy atom. The molecule has 0 radical (unpaired) electrons. The van der Waals surface area contributed by atoms with Crippen LogP contribution in [-0.2, 0) is 0 Å². The van der Waals surface area contributed by atoms with E-state index in [-0.39, 0.29) is 12.5 Å². The van der Waals surface area contributed by atoms with Crippen LogP contribution in [-0.4, -0.2) is 24.4 Å². The molecule has 0 unspecified atom stereocenters. The Kier molecular flexibility index (Phi) is 3.75. The van der Waals surface area contributed by atoms with E-state index in [1.54, 1.807) is 25.2 Å². The lowest BCUT2D eigenvalue weighted by Gasteiger charge is -2.15. The number of nitrogens with zero attached hydrogens (tertiary/aromatic N) is 1. The van der Waals surface area contributed by atoms with Gasteiger partial charge in [-0.1, -0.05) is 21.9 Å². The van der Waals surface area contributed by atoms with E-state index in [0.717, 1.165) is 4.47 Å². The van der Waals surface area contributed by atoms with Gasteiger partial charge in [0.05, 0.1) is 12.1 Å². The number of terminal acetylenes is 1. The molecule has 0 aliphatic rings. The molecule has 0 saturated heterocycles. The molecule has 1 aromatic carbocycles. The maximum absolute atomic E-state index is 11.8. The normalized spacial score (nSPS) is 9.40. The maximum Gasteiger partial charge on any atom is 0.256 e. The molecule has 0 aliphatic carbocycles. The van der Waals surface area contributed by atoms with E-state index in [4.69, 9.17) is 12.2 Å². The van der Waals surface area contributed by atoms with Crippen molar-refractivity contribution in [3.8, 4) is 12.3 Å². The standard InChI is InChI=1S/C11H11BrN2O/c1-3-6-14(2)11(15)9-7-8(12)4-5-10(9)13/h1,4-5,7H,6,13H2,2H3. The fourth-order valence-electron chi connectivity index (χ4n) is 1.13. The first kappa shape index (κ1) is 11.6. The average molecular weight is 267 g/mol. The van der Waals surface area contributed by atoms with Crippen LogP contribution < -0.4 is 5.73 Å². The second kappa shape index (κ2) is 4.85. The summed E-state index contributed by atoms with van der Waals surface area (Å²) in [6.07, 6.45) is 5.13. The van der Waals surface area contributed by atoms with Crippen molar-refractivity contribution >= 4 is 27.5 Å². The molecule has 1 rings (SSSR count). The molecule has 0 aliphatic heterocycles. The van der Waals surface area contributed by atoms with Crippen LogP contribution in [0.4, 0.5) is 5.69 Å². The van der Waals surface area contributed by atoms with E-state index in [1.165, 1.54) is 4.90 Å². The van der Waals surface area contributed by atoms with Crippen LogP contribution in [0.15, 0.2) is 22.7 Å². The van der Waals surface area contributed by atoms with Gasteiger partial charge in [-0.3, -0.25) is 4.79 Å². The summed E-state index contributed by atoms with van der Waals surface area (Å²) in [5.41, 5.74) is 6.62. The first-order valence-corrected chi connectivity index (χ1v) is 5.09. The largest absolute Gasteiger partial charge is 0.398 e. The molecule has 1 amide bonds. The Hall–Kier alpha value is -1.47. The number of rotatable bonds is 2. The van der Waals surface area contributed by atoms with Gasteiger partial charge >= 0.3 is 0 Å². The highest BCUT2D eigenvalue weighted by Crippen LogP contribution is 2.19. The van der Waals surface area contributed by atoms with Crippen LogP contribution in [0.2, 0.25) is 0 Å². The van der Waals surface area contributed by atoms with Crippen LogP contribution in [0, 0.1) is 12.3 Å². The van der Waals surface area contributed by atoms with E-state index in [9.17, 15) is 4.79 Å². The number of halogens is 1. The van der Waals surface area contributed by atoms with Crippen molar-refractivity contribution in [3.05, 3.63) is 28.2 Å². The van der Waals surface area contributed by atoms with E-state index < -0.39 is 0 Å². The molecule has 4 heteroatoms. The zero-order valence-electron chi connectivity index (χ0n) is 8.33. The summed E-state index contributed by atoms with van der Waals surface area (Å²) >= 11 is 3.29. The summed E-state index contributed by atoms with van der Waals surface area (Å²) in [5.74, 6) is 2.23. The molecule has 78 valence electrons. The molecule has 15 heavy (non-hydrogen) atoms. The lowest BCUT2D eigenvalue weighted by Crippen LogP contribution is -2.27. The van der Waals surface area contributed by atoms with Crippen molar-refractivity contribution in [1.82, 2.24) is 4.90 Å². The Bertz CT molecular complexity index is 423. The minimum atomic E-state index is -0.174. The van der Waals surface area contributed by atoms with Crippen LogP contribution >= 0.6 is 15.9 Å². The Labute approximate surface area is 97.4 Å². The minimum Gasteiger partial charge on any atom is -0.398 e. The second-order valence-electron chi connectivity index (χ2n) is 3.10. The minimum absolute atomic E-state index is 0.174. The fourth-order valence-corrected chi connectivity index (χ4v) is 1.49. The molecule has 2 N–H and O–H groups in total. The molecule has 1 aromatic rings. The summed E-state index contributed by atoms with van der Waals surface area (Å²) < 4.78 is 0.814. The number of benzene rings is 1. The van der Waals surface area contributed by atoms with Crippen LogP contribution in [0.25, 0.3) is 0 Å². The summed E-state index contributed by atoms with van der Waals surface area (Å²) in [6, 6.07) is 5.15. The lowest BCUT2D eigenvalue weighted by atomic mass is 10.1. The predicted octanol–water partition coefficient (Wildman–Crippen LogP) is 1.74. The average Bonchev–Trinajstić information content (AvgIpc) is 2.21. The van der Waals surface area contributed by atoms with Crippen LogP contribution in [0.5, 0.6) is 0 Å². The SMILES string of the molecule is C#CCN(C)C(=O)c1cc(Br)ccc1N. The molecule has 0 aromatic heterocycles. The molecule has 0 bridgehead atoms. The number of nitrogens with two attached hydrogens (primary N) is 1. The van der Waals surface area contributed by atoms with Gasteiger partial charge in [0, 0.05) is 17.2 Å². The number of nitrogen functional groups attached to an aromatic ring is 1. The van der Waals surface area contributed by atoms with Gasteiger partial charge < -0.3 is 10.6 Å². The van der Waals surface area contributed by atoms with E-state index in [0.29, 0.717) is 11.3 Å². The molecule has 0 saturated carbocycles. The number of anilines is 1. The van der Waals surface area contributed by atoms with Crippen molar-refractivity contribution in [2.45, 2.75) is 0 Å². The zero-order valence-corrected chi connectivity index (χ0v) is 9.91. The van der Waals surface area contributed by atoms with Crippen molar-refractivity contribution in [3.63, 3.8) is 0 Å². The third kappa shape index (κ3) is 2.74. The molecule has 0 spiro atoms. The van der Waals surface area contributed by atoms with Crippen molar-refractivity contribution in [2.75, 3.05) is 19.3 Å². The molecule has 3 nitrogen and oxygen atoms in total. The third-order valence-corrected chi connectivity index (χ3v) is 2.41. The van der Waals surface area contributed by atoms with Gasteiger partial charge in [0.25, 0.3) is 5.91 Å². The summed E-state index contributed by atoms with van der Waals surface area (Å²) in [7, 11) is 1.64. The first-order chi connectivity index (χ1) is 7.06. The highest BCUT2D eigenvalue weighted by Gasteiger charge is 2.13. The van der Waals surface area contributed by atoms with Gasteiger partial charge in [0.15, 0.2) is 0 Å². The Morgan fingerprint density at radius 2 is 2.33 bits per heavy atom. The first-order valence-electron chi connectivity index (χ1n) is 4.30. The second-order valence-corrected chi connectivity index (χ2v) is 4.01. The number of hydrogen-bond donors (Lipinski definition) is 1. The van der Waals surface area contributed by atoms with Crippen molar-refractivity contribution < 1.29 is 4.79 Å². The highest BCUT2D eigenvalue weighted by molar-refractivity contribution is 9.10. The van der Waals surface area contributed by atoms with Gasteiger partial charge in [-0.2, -0.15) is 0 Å². The van der Waals surface area contributed by atoms with Gasteiger partial charge in [-0.15, -0.1) is 6.42 Å². The van der Waals surface area contributed by atoms with Crippen LogP contribution in [0.3, 0.4) is 0 Å². The summed E-state index contributed by atoms with van der Waals surface area (Å²) in [5, 5.41) is 0. The smallest absolute Gasteiger partial charge is 0.256 e. The van der Waals surface area contributed by atoms with E-state index in [1.807, 2.05) is 0 Å². The molecule has 0 heterocycles. The molecule has 0 atom stereocenters. The van der Waals surface area contributed by atoms with Gasteiger partial charge in [-0.25, -0.2) is 0 Å². The monoisotopic (exact) mass is 266 g/mol. The van der Waals surface area contributed by atoms with Crippen molar-refractivity contribution in [1.29, 1.82) is 0 Å². The molecular formula is C11H11BrN2O. The molecule has 0 fully saturated rings. The highest BCUT2D eigenvalue weighted by atomic mass is 79.9. The fraction of sp³-hybridized carbons (Fsp3) is 0.182. The summed E-state index contributed by atoms with van der Waals surface area (Å²) in [4.78, 5) is 13.3.